The molecule has 4 heteroatoms. The van der Waals surface area contributed by atoms with E-state index in [4.69, 9.17) is 11.6 Å². The van der Waals surface area contributed by atoms with Gasteiger partial charge in [0.2, 0.25) is 0 Å². The van der Waals surface area contributed by atoms with Gasteiger partial charge in [-0.05, 0) is 85.8 Å². The minimum atomic E-state index is 0.0841. The first-order valence-corrected chi connectivity index (χ1v) is 12.0. The highest BCUT2D eigenvalue weighted by atomic mass is 35.5. The second-order valence-corrected chi connectivity index (χ2v) is 8.96. The maximum atomic E-state index is 13.0. The van der Waals surface area contributed by atoms with Crippen molar-refractivity contribution in [1.29, 1.82) is 0 Å². The zero-order chi connectivity index (χ0) is 22.3. The predicted molar refractivity (Wildman–Crippen MR) is 133 cm³/mol. The summed E-state index contributed by atoms with van der Waals surface area (Å²) in [6, 6.07) is 24.5. The molecule has 1 amide bonds. The van der Waals surface area contributed by atoms with E-state index in [9.17, 15) is 4.79 Å². The Kier molecular flexibility index (Phi) is 7.62. The Morgan fingerprint density at radius 1 is 0.844 bits per heavy atom. The summed E-state index contributed by atoms with van der Waals surface area (Å²) < 4.78 is 0. The fourth-order valence-electron chi connectivity index (χ4n) is 4.31. The van der Waals surface area contributed by atoms with Gasteiger partial charge in [-0.15, -0.1) is 0 Å². The van der Waals surface area contributed by atoms with Gasteiger partial charge in [-0.25, -0.2) is 0 Å². The molecular formula is C28H31ClN2O. The molecule has 3 nitrogen and oxygen atoms in total. The molecule has 0 radical (unpaired) electrons. The van der Waals surface area contributed by atoms with E-state index in [-0.39, 0.29) is 5.91 Å². The standard InChI is InChI=1S/C28H31ClN2O/c1-2-31(20-17-22-5-7-23(8-6-22)21-30-18-3-4-19-30)28(32)26-11-9-24(10-12-26)25-13-15-27(29)16-14-25/h5-16H,2-4,17-21H2,1H3. The average Bonchev–Trinajstić information content (AvgIpc) is 3.34. The van der Waals surface area contributed by atoms with Crippen molar-refractivity contribution >= 4 is 17.5 Å². The number of benzene rings is 3. The van der Waals surface area contributed by atoms with E-state index in [0.717, 1.165) is 41.2 Å². The van der Waals surface area contributed by atoms with E-state index in [1.165, 1.54) is 37.1 Å². The molecule has 0 unspecified atom stereocenters. The molecule has 0 atom stereocenters. The summed E-state index contributed by atoms with van der Waals surface area (Å²) >= 11 is 5.98. The second kappa shape index (κ2) is 10.8. The Hall–Kier alpha value is -2.62. The number of likely N-dealkylation sites (N-methyl/N-ethyl adjacent to an activating group) is 1. The summed E-state index contributed by atoms with van der Waals surface area (Å²) in [5.74, 6) is 0.0841. The highest BCUT2D eigenvalue weighted by molar-refractivity contribution is 6.30. The highest BCUT2D eigenvalue weighted by Gasteiger charge is 2.15. The van der Waals surface area contributed by atoms with Gasteiger partial charge in [0, 0.05) is 30.2 Å². The van der Waals surface area contributed by atoms with E-state index in [1.54, 1.807) is 0 Å². The lowest BCUT2D eigenvalue weighted by molar-refractivity contribution is 0.0766. The number of amides is 1. The number of hydrogen-bond donors (Lipinski definition) is 0. The van der Waals surface area contributed by atoms with Crippen molar-refractivity contribution < 1.29 is 4.79 Å². The van der Waals surface area contributed by atoms with Crippen LogP contribution in [0, 0.1) is 0 Å². The van der Waals surface area contributed by atoms with Gasteiger partial charge in [0.15, 0.2) is 0 Å². The van der Waals surface area contributed by atoms with E-state index >= 15 is 0 Å². The molecule has 32 heavy (non-hydrogen) atoms. The zero-order valence-electron chi connectivity index (χ0n) is 18.8. The lowest BCUT2D eigenvalue weighted by atomic mass is 10.0. The van der Waals surface area contributed by atoms with Gasteiger partial charge in [-0.2, -0.15) is 0 Å². The molecule has 0 N–H and O–H groups in total. The summed E-state index contributed by atoms with van der Waals surface area (Å²) in [4.78, 5) is 17.5. The van der Waals surface area contributed by atoms with Crippen LogP contribution in [-0.4, -0.2) is 41.9 Å². The minimum Gasteiger partial charge on any atom is -0.339 e. The van der Waals surface area contributed by atoms with Crippen LogP contribution < -0.4 is 0 Å². The monoisotopic (exact) mass is 446 g/mol. The Labute approximate surface area is 196 Å². The van der Waals surface area contributed by atoms with Crippen LogP contribution in [0.15, 0.2) is 72.8 Å². The van der Waals surface area contributed by atoms with Crippen LogP contribution in [-0.2, 0) is 13.0 Å². The van der Waals surface area contributed by atoms with Crippen molar-refractivity contribution in [3.05, 3.63) is 94.5 Å². The van der Waals surface area contributed by atoms with Crippen molar-refractivity contribution in [2.24, 2.45) is 0 Å². The van der Waals surface area contributed by atoms with Crippen LogP contribution in [0.3, 0.4) is 0 Å². The highest BCUT2D eigenvalue weighted by Crippen LogP contribution is 2.22. The van der Waals surface area contributed by atoms with Gasteiger partial charge >= 0.3 is 0 Å². The van der Waals surface area contributed by atoms with Crippen molar-refractivity contribution in [2.75, 3.05) is 26.2 Å². The topological polar surface area (TPSA) is 23.6 Å². The van der Waals surface area contributed by atoms with Gasteiger partial charge in [0.1, 0.15) is 0 Å². The minimum absolute atomic E-state index is 0.0841. The third kappa shape index (κ3) is 5.79. The number of carbonyl (C=O) groups excluding carboxylic acids is 1. The molecule has 1 heterocycles. The second-order valence-electron chi connectivity index (χ2n) is 8.52. The normalized spacial score (nSPS) is 13.9. The number of nitrogens with zero attached hydrogens (tertiary/aromatic N) is 2. The summed E-state index contributed by atoms with van der Waals surface area (Å²) in [5.41, 5.74) is 5.55. The number of rotatable bonds is 8. The summed E-state index contributed by atoms with van der Waals surface area (Å²) in [5, 5.41) is 0.723. The fraction of sp³-hybridized carbons (Fsp3) is 0.321. The van der Waals surface area contributed by atoms with Crippen LogP contribution in [0.1, 0.15) is 41.3 Å². The van der Waals surface area contributed by atoms with E-state index in [0.29, 0.717) is 6.54 Å². The molecule has 1 aliphatic heterocycles. The van der Waals surface area contributed by atoms with Crippen LogP contribution in [0.5, 0.6) is 0 Å². The number of hydrogen-bond acceptors (Lipinski definition) is 2. The van der Waals surface area contributed by atoms with Gasteiger partial charge in [-0.1, -0.05) is 60.1 Å². The van der Waals surface area contributed by atoms with E-state index in [1.807, 2.05) is 60.4 Å². The Balaban J connectivity index is 1.33. The smallest absolute Gasteiger partial charge is 0.253 e. The molecule has 1 fully saturated rings. The Morgan fingerprint density at radius 2 is 1.41 bits per heavy atom. The first kappa shape index (κ1) is 22.6. The Bertz CT molecular complexity index is 1010. The van der Waals surface area contributed by atoms with Crippen molar-refractivity contribution in [3.63, 3.8) is 0 Å². The van der Waals surface area contributed by atoms with Gasteiger partial charge in [0.05, 0.1) is 0 Å². The molecule has 166 valence electrons. The Morgan fingerprint density at radius 3 is 2.00 bits per heavy atom. The van der Waals surface area contributed by atoms with Gasteiger partial charge in [-0.3, -0.25) is 9.69 Å². The van der Waals surface area contributed by atoms with Crippen LogP contribution in [0.4, 0.5) is 0 Å². The lowest BCUT2D eigenvalue weighted by Gasteiger charge is -2.21. The molecule has 0 bridgehead atoms. The van der Waals surface area contributed by atoms with E-state index in [2.05, 4.69) is 29.2 Å². The van der Waals surface area contributed by atoms with Crippen LogP contribution >= 0.6 is 11.6 Å². The quantitative estimate of drug-likeness (QED) is 0.405. The fourth-order valence-corrected chi connectivity index (χ4v) is 4.43. The molecule has 0 spiro atoms. The van der Waals surface area contributed by atoms with Crippen molar-refractivity contribution in [1.82, 2.24) is 9.80 Å². The molecule has 0 aliphatic carbocycles. The molecule has 0 aromatic heterocycles. The van der Waals surface area contributed by atoms with Crippen molar-refractivity contribution in [2.45, 2.75) is 32.7 Å². The summed E-state index contributed by atoms with van der Waals surface area (Å²) in [7, 11) is 0. The third-order valence-electron chi connectivity index (χ3n) is 6.28. The number of halogens is 1. The average molecular weight is 447 g/mol. The molecular weight excluding hydrogens is 416 g/mol. The SMILES string of the molecule is CCN(CCc1ccc(CN2CCCC2)cc1)C(=O)c1ccc(-c2ccc(Cl)cc2)cc1. The molecule has 3 aromatic rings. The lowest BCUT2D eigenvalue weighted by Crippen LogP contribution is -2.32. The van der Waals surface area contributed by atoms with Gasteiger partial charge in [0.25, 0.3) is 5.91 Å². The molecule has 4 rings (SSSR count). The maximum Gasteiger partial charge on any atom is 0.253 e. The summed E-state index contributed by atoms with van der Waals surface area (Å²) in [6.45, 7) is 6.95. The first-order chi connectivity index (χ1) is 15.6. The summed E-state index contributed by atoms with van der Waals surface area (Å²) in [6.07, 6.45) is 3.51. The van der Waals surface area contributed by atoms with Crippen molar-refractivity contribution in [3.8, 4) is 11.1 Å². The number of carbonyl (C=O) groups is 1. The predicted octanol–water partition coefficient (Wildman–Crippen LogP) is 6.31. The first-order valence-electron chi connectivity index (χ1n) is 11.6. The largest absolute Gasteiger partial charge is 0.339 e. The van der Waals surface area contributed by atoms with Gasteiger partial charge < -0.3 is 4.90 Å². The zero-order valence-corrected chi connectivity index (χ0v) is 19.5. The van der Waals surface area contributed by atoms with Crippen LogP contribution in [0.25, 0.3) is 11.1 Å². The molecule has 1 saturated heterocycles. The molecule has 0 saturated carbocycles. The third-order valence-corrected chi connectivity index (χ3v) is 6.53. The molecule has 3 aromatic carbocycles. The number of likely N-dealkylation sites (tertiary alicyclic amines) is 1. The maximum absolute atomic E-state index is 13.0. The van der Waals surface area contributed by atoms with Crippen LogP contribution in [0.2, 0.25) is 5.02 Å². The molecule has 1 aliphatic rings. The van der Waals surface area contributed by atoms with E-state index < -0.39 is 0 Å².